The van der Waals surface area contributed by atoms with Gasteiger partial charge in [0.25, 0.3) is 5.56 Å². The summed E-state index contributed by atoms with van der Waals surface area (Å²) in [5, 5.41) is 0. The number of esters is 2. The fourth-order valence-corrected chi connectivity index (χ4v) is 5.16. The topological polar surface area (TPSA) is 105 Å². The molecule has 38 heavy (non-hydrogen) atoms. The zero-order valence-corrected chi connectivity index (χ0v) is 22.3. The van der Waals surface area contributed by atoms with Gasteiger partial charge in [-0.1, -0.05) is 47.8 Å². The number of rotatable bonds is 7. The van der Waals surface area contributed by atoms with Crippen LogP contribution in [0.15, 0.2) is 69.6 Å². The molecule has 10 heteroatoms. The second-order valence-electron chi connectivity index (χ2n) is 8.20. The molecule has 4 rings (SSSR count). The Hall–Kier alpha value is -4.44. The molecule has 0 amide bonds. The molecule has 0 N–H and O–H groups in total. The summed E-state index contributed by atoms with van der Waals surface area (Å²) in [4.78, 5) is 43.0. The van der Waals surface area contributed by atoms with Crippen molar-refractivity contribution >= 4 is 35.4 Å². The minimum absolute atomic E-state index is 0.220. The van der Waals surface area contributed by atoms with Crippen molar-refractivity contribution in [2.24, 2.45) is 4.99 Å². The van der Waals surface area contributed by atoms with Crippen molar-refractivity contribution in [1.29, 1.82) is 0 Å². The van der Waals surface area contributed by atoms with Gasteiger partial charge in [0.2, 0.25) is 0 Å². The lowest BCUT2D eigenvalue weighted by atomic mass is 9.95. The number of nitrogens with zero attached hydrogens (tertiary/aromatic N) is 2. The quantitative estimate of drug-likeness (QED) is 0.339. The summed E-state index contributed by atoms with van der Waals surface area (Å²) < 4.78 is 23.0. The van der Waals surface area contributed by atoms with Crippen molar-refractivity contribution in [3.05, 3.63) is 90.6 Å². The van der Waals surface area contributed by atoms with Gasteiger partial charge in [-0.25, -0.2) is 9.79 Å². The maximum Gasteiger partial charge on any atom is 0.338 e. The van der Waals surface area contributed by atoms with Gasteiger partial charge < -0.3 is 18.9 Å². The maximum atomic E-state index is 13.6. The van der Waals surface area contributed by atoms with E-state index in [0.29, 0.717) is 26.3 Å². The first-order valence-electron chi connectivity index (χ1n) is 11.6. The van der Waals surface area contributed by atoms with Crippen molar-refractivity contribution in [2.75, 3.05) is 21.3 Å². The molecule has 0 fully saturated rings. The maximum absolute atomic E-state index is 13.6. The molecule has 9 nitrogen and oxygen atoms in total. The molecule has 1 atom stereocenters. The van der Waals surface area contributed by atoms with Crippen LogP contribution in [0.1, 0.15) is 31.0 Å². The summed E-state index contributed by atoms with van der Waals surface area (Å²) >= 11 is 1.21. The molecule has 2 heterocycles. The Bertz CT molecular complexity index is 1650. The summed E-state index contributed by atoms with van der Waals surface area (Å²) in [6.07, 6.45) is 5.32. The van der Waals surface area contributed by atoms with Crippen LogP contribution in [0.5, 0.6) is 17.2 Å². The molecule has 196 valence electrons. The molecule has 0 saturated heterocycles. The molecule has 1 aliphatic heterocycles. The van der Waals surface area contributed by atoms with Crippen molar-refractivity contribution in [3.8, 4) is 17.2 Å². The summed E-state index contributed by atoms with van der Waals surface area (Å²) in [6.45, 7) is 2.98. The second-order valence-corrected chi connectivity index (χ2v) is 9.21. The highest BCUT2D eigenvalue weighted by Crippen LogP contribution is 2.36. The fourth-order valence-electron chi connectivity index (χ4n) is 4.16. The Balaban J connectivity index is 1.87. The number of carbonyl (C=O) groups is 2. The summed E-state index contributed by atoms with van der Waals surface area (Å²) in [6, 6.07) is 11.6. The van der Waals surface area contributed by atoms with Gasteiger partial charge in [0.1, 0.15) is 5.75 Å². The van der Waals surface area contributed by atoms with E-state index in [2.05, 4.69) is 4.99 Å². The molecule has 0 bridgehead atoms. The molecule has 0 radical (unpaired) electrons. The SMILES string of the molecule is COC(=O)C1=C(C)N=c2sc(=CC=Cc3ccccc3OC)c(=O)n2C1c1ccc(OC(C)=O)c(OC)c1. The lowest BCUT2D eigenvalue weighted by molar-refractivity contribution is -0.136. The van der Waals surface area contributed by atoms with Crippen molar-refractivity contribution < 1.29 is 28.5 Å². The average Bonchev–Trinajstić information content (AvgIpc) is 3.22. The molecule has 3 aromatic rings. The molecule has 0 saturated carbocycles. The number of benzene rings is 2. The fraction of sp³-hybridized carbons (Fsp3) is 0.214. The number of hydrogen-bond donors (Lipinski definition) is 0. The largest absolute Gasteiger partial charge is 0.496 e. The first-order valence-corrected chi connectivity index (χ1v) is 12.4. The zero-order chi connectivity index (χ0) is 27.4. The van der Waals surface area contributed by atoms with Crippen molar-refractivity contribution in [1.82, 2.24) is 4.57 Å². The number of para-hydroxylation sites is 1. The van der Waals surface area contributed by atoms with Crippen LogP contribution >= 0.6 is 11.3 Å². The number of ether oxygens (including phenoxy) is 4. The molecule has 1 aliphatic rings. The van der Waals surface area contributed by atoms with Crippen LogP contribution < -0.4 is 29.1 Å². The smallest absolute Gasteiger partial charge is 0.338 e. The van der Waals surface area contributed by atoms with E-state index in [1.807, 2.05) is 30.3 Å². The normalized spacial score (nSPS) is 15.2. The molecule has 1 aromatic heterocycles. The van der Waals surface area contributed by atoms with E-state index >= 15 is 0 Å². The lowest BCUT2D eigenvalue weighted by Crippen LogP contribution is -2.39. The number of carbonyl (C=O) groups excluding carboxylic acids is 2. The summed E-state index contributed by atoms with van der Waals surface area (Å²) in [5.74, 6) is 0.0975. The third-order valence-corrected chi connectivity index (χ3v) is 6.85. The van der Waals surface area contributed by atoms with E-state index in [1.165, 1.54) is 37.0 Å². The highest BCUT2D eigenvalue weighted by atomic mass is 32.1. The van der Waals surface area contributed by atoms with E-state index in [4.69, 9.17) is 18.9 Å². The molecular weight excluding hydrogens is 508 g/mol. The van der Waals surface area contributed by atoms with Gasteiger partial charge in [-0.2, -0.15) is 0 Å². The monoisotopic (exact) mass is 534 g/mol. The Morgan fingerprint density at radius 2 is 1.76 bits per heavy atom. The van der Waals surface area contributed by atoms with Crippen LogP contribution in [-0.2, 0) is 14.3 Å². The number of aromatic nitrogens is 1. The van der Waals surface area contributed by atoms with Crippen LogP contribution in [0, 0.1) is 0 Å². The number of allylic oxidation sites excluding steroid dienone is 2. The molecule has 0 spiro atoms. The standard InChI is InChI=1S/C28H26N2O7S/c1-16-24(27(33)36-5)25(19-13-14-21(37-17(2)31)22(15-19)35-4)30-26(32)23(38-28(30)29-16)12-8-10-18-9-6-7-11-20(18)34-3/h6-15,25H,1-5H3. The second kappa shape index (κ2) is 11.3. The highest BCUT2D eigenvalue weighted by Gasteiger charge is 2.33. The Kier molecular flexibility index (Phi) is 7.92. The average molecular weight is 535 g/mol. The Morgan fingerprint density at radius 1 is 1.03 bits per heavy atom. The van der Waals surface area contributed by atoms with E-state index in [-0.39, 0.29) is 22.6 Å². The van der Waals surface area contributed by atoms with Crippen molar-refractivity contribution in [2.45, 2.75) is 19.9 Å². The minimum Gasteiger partial charge on any atom is -0.496 e. The predicted molar refractivity (Wildman–Crippen MR) is 143 cm³/mol. The van der Waals surface area contributed by atoms with E-state index in [9.17, 15) is 14.4 Å². The third kappa shape index (κ3) is 5.16. The summed E-state index contributed by atoms with van der Waals surface area (Å²) in [5.41, 5.74) is 1.76. The Labute approximate surface area is 222 Å². The highest BCUT2D eigenvalue weighted by molar-refractivity contribution is 7.07. The van der Waals surface area contributed by atoms with Gasteiger partial charge in [-0.15, -0.1) is 0 Å². The lowest BCUT2D eigenvalue weighted by Gasteiger charge is -2.25. The first kappa shape index (κ1) is 26.6. The zero-order valence-electron chi connectivity index (χ0n) is 21.5. The molecule has 2 aromatic carbocycles. The molecule has 1 unspecified atom stereocenters. The van der Waals surface area contributed by atoms with Crippen LogP contribution in [-0.4, -0.2) is 37.8 Å². The Morgan fingerprint density at radius 3 is 2.45 bits per heavy atom. The van der Waals surface area contributed by atoms with Gasteiger partial charge in [-0.3, -0.25) is 14.2 Å². The van der Waals surface area contributed by atoms with Crippen LogP contribution in [0.4, 0.5) is 0 Å². The van der Waals surface area contributed by atoms with E-state index in [1.54, 1.807) is 44.4 Å². The first-order chi connectivity index (χ1) is 18.3. The number of fused-ring (bicyclic) bond motifs is 1. The van der Waals surface area contributed by atoms with Crippen LogP contribution in [0.3, 0.4) is 0 Å². The number of hydrogen-bond acceptors (Lipinski definition) is 9. The van der Waals surface area contributed by atoms with E-state index < -0.39 is 18.0 Å². The summed E-state index contributed by atoms with van der Waals surface area (Å²) in [7, 11) is 4.31. The van der Waals surface area contributed by atoms with Gasteiger partial charge in [-0.05, 0) is 36.8 Å². The number of thiazole rings is 1. The third-order valence-electron chi connectivity index (χ3n) is 5.85. The van der Waals surface area contributed by atoms with Crippen molar-refractivity contribution in [3.63, 3.8) is 0 Å². The molecule has 0 aliphatic carbocycles. The minimum atomic E-state index is -0.834. The van der Waals surface area contributed by atoms with Gasteiger partial charge >= 0.3 is 11.9 Å². The predicted octanol–water partition coefficient (Wildman–Crippen LogP) is 3.02. The van der Waals surface area contributed by atoms with Crippen LogP contribution in [0.25, 0.3) is 12.2 Å². The van der Waals surface area contributed by atoms with Gasteiger partial charge in [0.15, 0.2) is 16.3 Å². The van der Waals surface area contributed by atoms with Gasteiger partial charge in [0, 0.05) is 12.5 Å². The number of methoxy groups -OCH3 is 3. The van der Waals surface area contributed by atoms with E-state index in [0.717, 1.165) is 5.56 Å². The van der Waals surface area contributed by atoms with Gasteiger partial charge in [0.05, 0.1) is 43.2 Å². The molecular formula is C28H26N2O7S. The van der Waals surface area contributed by atoms with Crippen LogP contribution in [0.2, 0.25) is 0 Å².